The van der Waals surface area contributed by atoms with E-state index in [-0.39, 0.29) is 5.06 Å². The molecule has 2 rings (SSSR count). The molecule has 0 radical (unpaired) electrons. The standard InChI is InChI=1S/C4H5NOS2/c7-3-4-5(8-4)1-2-6-4/h3H,1-2H2. The molecule has 2 heterocycles. The Kier molecular flexibility index (Phi) is 0.933. The minimum Gasteiger partial charge on any atom is -0.344 e. The molecule has 0 amide bonds. The largest absolute Gasteiger partial charge is 0.344 e. The predicted molar refractivity (Wildman–Crippen MR) is 36.6 cm³/mol. The lowest BCUT2D eigenvalue weighted by molar-refractivity contribution is 0.137. The van der Waals surface area contributed by atoms with Gasteiger partial charge in [0.2, 0.25) is 5.06 Å². The number of fused-ring (bicyclic) bond motifs is 1. The third-order valence-corrected chi connectivity index (χ3v) is 3.00. The average Bonchev–Trinajstić information content (AvgIpc) is 2.38. The van der Waals surface area contributed by atoms with Crippen molar-refractivity contribution in [2.24, 2.45) is 0 Å². The molecule has 2 aliphatic rings. The molecule has 0 saturated carbocycles. The molecule has 0 aromatic heterocycles. The first-order valence-corrected chi connectivity index (χ1v) is 3.69. The second-order valence-corrected chi connectivity index (χ2v) is 3.23. The van der Waals surface area contributed by atoms with E-state index in [0.29, 0.717) is 0 Å². The van der Waals surface area contributed by atoms with E-state index in [1.807, 2.05) is 0 Å². The summed E-state index contributed by atoms with van der Waals surface area (Å²) in [5.74, 6) is 0. The van der Waals surface area contributed by atoms with Gasteiger partial charge in [0.05, 0.1) is 6.61 Å². The summed E-state index contributed by atoms with van der Waals surface area (Å²) in [5.41, 5.74) is 0. The number of thiocarbonyl (C=S) groups is 1. The van der Waals surface area contributed by atoms with Crippen LogP contribution in [0.3, 0.4) is 0 Å². The topological polar surface area (TPSA) is 12.2 Å². The van der Waals surface area contributed by atoms with Crippen LogP contribution in [0.2, 0.25) is 0 Å². The number of rotatable bonds is 1. The second-order valence-electron chi connectivity index (χ2n) is 1.79. The predicted octanol–water partition coefficient (Wildman–Crippen LogP) is 0.634. The fraction of sp³-hybridized carbons (Fsp3) is 0.750. The lowest BCUT2D eigenvalue weighted by Gasteiger charge is -1.96. The Labute approximate surface area is 57.3 Å². The first-order chi connectivity index (χ1) is 3.87. The number of nitrogens with zero attached hydrogens (tertiary/aromatic N) is 1. The Hall–Kier alpha value is 0.360. The van der Waals surface area contributed by atoms with Gasteiger partial charge in [-0.1, -0.05) is 12.2 Å². The molecule has 0 spiro atoms. The molecule has 0 aromatic rings. The van der Waals surface area contributed by atoms with Crippen LogP contribution in [0, 0.1) is 0 Å². The SMILES string of the molecule is S=CC12OCCN1S2. The van der Waals surface area contributed by atoms with Gasteiger partial charge in [-0.25, -0.2) is 4.31 Å². The third-order valence-electron chi connectivity index (χ3n) is 1.31. The van der Waals surface area contributed by atoms with Crippen molar-refractivity contribution in [3.8, 4) is 0 Å². The monoisotopic (exact) mass is 147 g/mol. The molecule has 2 aliphatic heterocycles. The number of hydrogen-bond acceptors (Lipinski definition) is 4. The third kappa shape index (κ3) is 0.488. The van der Waals surface area contributed by atoms with Crippen LogP contribution < -0.4 is 0 Å². The van der Waals surface area contributed by atoms with E-state index in [9.17, 15) is 0 Å². The summed E-state index contributed by atoms with van der Waals surface area (Å²) < 4.78 is 7.43. The maximum Gasteiger partial charge on any atom is 0.223 e. The van der Waals surface area contributed by atoms with Crippen LogP contribution in [0.15, 0.2) is 0 Å². The van der Waals surface area contributed by atoms with Gasteiger partial charge >= 0.3 is 0 Å². The Morgan fingerprint density at radius 3 is 3.00 bits per heavy atom. The molecule has 8 heavy (non-hydrogen) atoms. The van der Waals surface area contributed by atoms with Gasteiger partial charge in [-0.3, -0.25) is 0 Å². The zero-order valence-electron chi connectivity index (χ0n) is 4.16. The van der Waals surface area contributed by atoms with Crippen LogP contribution in [0.25, 0.3) is 0 Å². The minimum atomic E-state index is -0.157. The zero-order chi connectivity index (χ0) is 5.61. The van der Waals surface area contributed by atoms with Crippen molar-refractivity contribution in [2.75, 3.05) is 13.2 Å². The molecule has 2 unspecified atom stereocenters. The lowest BCUT2D eigenvalue weighted by atomic mass is 10.6. The highest BCUT2D eigenvalue weighted by Crippen LogP contribution is 2.54. The fourth-order valence-corrected chi connectivity index (χ4v) is 2.03. The van der Waals surface area contributed by atoms with Gasteiger partial charge in [0.15, 0.2) is 0 Å². The molecular formula is C4H5NOS2. The van der Waals surface area contributed by atoms with Crippen molar-refractivity contribution in [2.45, 2.75) is 5.06 Å². The summed E-state index contributed by atoms with van der Waals surface area (Å²) in [4.78, 5) is 0. The summed E-state index contributed by atoms with van der Waals surface area (Å²) in [6, 6.07) is 0. The zero-order valence-corrected chi connectivity index (χ0v) is 5.80. The molecule has 2 nitrogen and oxygen atoms in total. The average molecular weight is 147 g/mol. The molecule has 2 fully saturated rings. The van der Waals surface area contributed by atoms with Gasteiger partial charge in [0.25, 0.3) is 0 Å². The van der Waals surface area contributed by atoms with E-state index in [0.717, 1.165) is 13.2 Å². The van der Waals surface area contributed by atoms with E-state index < -0.39 is 0 Å². The Balaban J connectivity index is 2.18. The highest BCUT2D eigenvalue weighted by Gasteiger charge is 2.57. The van der Waals surface area contributed by atoms with E-state index in [4.69, 9.17) is 17.0 Å². The molecule has 44 valence electrons. The first kappa shape index (κ1) is 5.17. The quantitative estimate of drug-likeness (QED) is 0.306. The molecule has 2 saturated heterocycles. The van der Waals surface area contributed by atoms with Crippen LogP contribution >= 0.6 is 24.2 Å². The van der Waals surface area contributed by atoms with Gasteiger partial charge in [-0.2, -0.15) is 0 Å². The lowest BCUT2D eigenvalue weighted by Crippen LogP contribution is -2.12. The van der Waals surface area contributed by atoms with Crippen molar-refractivity contribution in [3.05, 3.63) is 0 Å². The molecule has 0 aliphatic carbocycles. The molecule has 2 atom stereocenters. The summed E-state index contributed by atoms with van der Waals surface area (Å²) in [5, 5.41) is 1.53. The van der Waals surface area contributed by atoms with Crippen molar-refractivity contribution in [3.63, 3.8) is 0 Å². The van der Waals surface area contributed by atoms with E-state index >= 15 is 0 Å². The summed E-state index contributed by atoms with van der Waals surface area (Å²) in [6.45, 7) is 1.86. The summed E-state index contributed by atoms with van der Waals surface area (Å²) in [7, 11) is 0. The summed E-state index contributed by atoms with van der Waals surface area (Å²) in [6.07, 6.45) is 0. The van der Waals surface area contributed by atoms with Crippen LogP contribution in [0.5, 0.6) is 0 Å². The Bertz CT molecular complexity index is 140. The number of ether oxygens (including phenoxy) is 1. The van der Waals surface area contributed by atoms with Gasteiger partial charge in [-0.05, 0) is 11.9 Å². The van der Waals surface area contributed by atoms with Crippen LogP contribution in [-0.2, 0) is 4.74 Å². The van der Waals surface area contributed by atoms with Gasteiger partial charge in [-0.15, -0.1) is 0 Å². The Morgan fingerprint density at radius 1 is 1.88 bits per heavy atom. The smallest absolute Gasteiger partial charge is 0.223 e. The molecule has 0 aromatic carbocycles. The normalized spacial score (nSPS) is 50.8. The highest BCUT2D eigenvalue weighted by molar-refractivity contribution is 8.06. The maximum atomic E-state index is 5.29. The molecule has 0 N–H and O–H groups in total. The van der Waals surface area contributed by atoms with Crippen LogP contribution in [0.1, 0.15) is 0 Å². The van der Waals surface area contributed by atoms with E-state index in [2.05, 4.69) is 4.31 Å². The van der Waals surface area contributed by atoms with Gasteiger partial charge in [0.1, 0.15) is 0 Å². The summed E-state index contributed by atoms with van der Waals surface area (Å²) >= 11 is 6.43. The molecule has 4 heteroatoms. The first-order valence-electron chi connectivity index (χ1n) is 2.44. The van der Waals surface area contributed by atoms with Crippen LogP contribution in [0.4, 0.5) is 0 Å². The molecular weight excluding hydrogens is 142 g/mol. The fourth-order valence-electron chi connectivity index (χ4n) is 0.826. The van der Waals surface area contributed by atoms with E-state index in [1.54, 1.807) is 17.3 Å². The highest BCUT2D eigenvalue weighted by atomic mass is 32.2. The molecule has 0 bridgehead atoms. The van der Waals surface area contributed by atoms with Crippen molar-refractivity contribution >= 4 is 29.5 Å². The second kappa shape index (κ2) is 1.44. The maximum absolute atomic E-state index is 5.29. The van der Waals surface area contributed by atoms with Gasteiger partial charge in [0, 0.05) is 11.9 Å². The van der Waals surface area contributed by atoms with Crippen molar-refractivity contribution in [1.29, 1.82) is 0 Å². The minimum absolute atomic E-state index is 0.157. The number of hydrogen-bond donors (Lipinski definition) is 0. The van der Waals surface area contributed by atoms with Crippen LogP contribution in [-0.4, -0.2) is 27.9 Å². The Morgan fingerprint density at radius 2 is 2.75 bits per heavy atom. The van der Waals surface area contributed by atoms with Gasteiger partial charge < -0.3 is 4.74 Å². The van der Waals surface area contributed by atoms with Crippen molar-refractivity contribution in [1.82, 2.24) is 4.31 Å². The van der Waals surface area contributed by atoms with Crippen molar-refractivity contribution < 1.29 is 4.74 Å². The van der Waals surface area contributed by atoms with E-state index in [1.165, 1.54) is 0 Å².